The summed E-state index contributed by atoms with van der Waals surface area (Å²) in [5, 5.41) is 1.53. The Kier molecular flexibility index (Phi) is 4.86. The number of halogens is 2. The Morgan fingerprint density at radius 2 is 1.31 bits per heavy atom. The summed E-state index contributed by atoms with van der Waals surface area (Å²) >= 11 is 12.4. The van der Waals surface area contributed by atoms with Crippen LogP contribution in [0, 0.1) is 5.92 Å². The average Bonchev–Trinajstić information content (AvgIpc) is 3.50. The SMILES string of the molecule is Clc1ccc(C(=C2CC=CC[C@@]3(c4ccccc4)C[C@H]23)c2ccc(Cl)cc2)cc1. The van der Waals surface area contributed by atoms with Crippen LogP contribution < -0.4 is 0 Å². The van der Waals surface area contributed by atoms with Gasteiger partial charge in [0.25, 0.3) is 0 Å². The quantitative estimate of drug-likeness (QED) is 0.378. The highest BCUT2D eigenvalue weighted by Gasteiger charge is 2.56. The summed E-state index contributed by atoms with van der Waals surface area (Å²) in [6, 6.07) is 27.5. The second kappa shape index (κ2) is 7.52. The fraction of sp³-hybridized carbons (Fsp3) is 0.185. The van der Waals surface area contributed by atoms with E-state index < -0.39 is 0 Å². The Morgan fingerprint density at radius 1 is 0.724 bits per heavy atom. The molecule has 3 aromatic rings. The van der Waals surface area contributed by atoms with Crippen LogP contribution in [0.3, 0.4) is 0 Å². The van der Waals surface area contributed by atoms with E-state index in [1.807, 2.05) is 24.3 Å². The zero-order valence-electron chi connectivity index (χ0n) is 16.1. The minimum absolute atomic E-state index is 0.230. The molecule has 3 aromatic carbocycles. The van der Waals surface area contributed by atoms with E-state index >= 15 is 0 Å². The Hall–Kier alpha value is -2.28. The highest BCUT2D eigenvalue weighted by molar-refractivity contribution is 6.31. The first kappa shape index (κ1) is 18.7. The second-order valence-corrected chi connectivity index (χ2v) is 8.95. The van der Waals surface area contributed by atoms with Crippen LogP contribution in [0.4, 0.5) is 0 Å². The first-order valence-electron chi connectivity index (χ1n) is 10.1. The van der Waals surface area contributed by atoms with Gasteiger partial charge in [0, 0.05) is 15.5 Å². The molecule has 2 atom stereocenters. The molecule has 0 N–H and O–H groups in total. The van der Waals surface area contributed by atoms with Crippen molar-refractivity contribution in [2.45, 2.75) is 24.7 Å². The molecule has 2 aliphatic rings. The van der Waals surface area contributed by atoms with Crippen LogP contribution in [-0.2, 0) is 5.41 Å². The number of fused-ring (bicyclic) bond motifs is 1. The number of allylic oxidation sites excluding steroid dienone is 3. The van der Waals surface area contributed by atoms with Gasteiger partial charge in [-0.25, -0.2) is 0 Å². The predicted molar refractivity (Wildman–Crippen MR) is 124 cm³/mol. The highest BCUT2D eigenvalue weighted by Crippen LogP contribution is 2.63. The number of hydrogen-bond donors (Lipinski definition) is 0. The largest absolute Gasteiger partial charge is 0.0873 e. The fourth-order valence-corrected chi connectivity index (χ4v) is 5.14. The Morgan fingerprint density at radius 3 is 1.90 bits per heavy atom. The minimum Gasteiger partial charge on any atom is -0.0873 e. The second-order valence-electron chi connectivity index (χ2n) is 8.07. The standard InChI is InChI=1S/C27H22Cl2/c28-22-13-9-19(10-14-22)26(20-11-15-23(29)16-12-20)24-8-4-5-17-27(18-25(24)27)21-6-2-1-3-7-21/h1-7,9-16,25H,8,17-18H2/t25-,27+/m1/s1. The van der Waals surface area contributed by atoms with Crippen molar-refractivity contribution in [3.63, 3.8) is 0 Å². The van der Waals surface area contributed by atoms with Crippen LogP contribution in [-0.4, -0.2) is 0 Å². The van der Waals surface area contributed by atoms with E-state index in [2.05, 4.69) is 66.7 Å². The lowest BCUT2D eigenvalue weighted by molar-refractivity contribution is 0.657. The molecule has 0 aromatic heterocycles. The summed E-state index contributed by atoms with van der Waals surface area (Å²) in [5.41, 5.74) is 6.97. The van der Waals surface area contributed by atoms with Gasteiger partial charge in [-0.15, -0.1) is 0 Å². The molecule has 1 saturated carbocycles. The van der Waals surface area contributed by atoms with Crippen molar-refractivity contribution >= 4 is 28.8 Å². The van der Waals surface area contributed by atoms with Gasteiger partial charge in [-0.3, -0.25) is 0 Å². The lowest BCUT2D eigenvalue weighted by atomic mass is 9.84. The van der Waals surface area contributed by atoms with E-state index in [9.17, 15) is 0 Å². The Labute approximate surface area is 182 Å². The van der Waals surface area contributed by atoms with Crippen LogP contribution in [0.25, 0.3) is 5.57 Å². The molecule has 0 radical (unpaired) electrons. The molecule has 2 aliphatic carbocycles. The molecule has 0 unspecified atom stereocenters. The molecule has 29 heavy (non-hydrogen) atoms. The van der Waals surface area contributed by atoms with Crippen molar-refractivity contribution in [1.29, 1.82) is 0 Å². The summed E-state index contributed by atoms with van der Waals surface area (Å²) in [5.74, 6) is 0.557. The van der Waals surface area contributed by atoms with Gasteiger partial charge in [0.05, 0.1) is 0 Å². The summed E-state index contributed by atoms with van der Waals surface area (Å²) in [7, 11) is 0. The van der Waals surface area contributed by atoms with E-state index in [-0.39, 0.29) is 5.41 Å². The van der Waals surface area contributed by atoms with Crippen molar-refractivity contribution in [3.05, 3.63) is 123 Å². The third kappa shape index (κ3) is 3.45. The van der Waals surface area contributed by atoms with Crippen LogP contribution in [0.15, 0.2) is 96.6 Å². The molecule has 144 valence electrons. The molecular formula is C27H22Cl2. The molecule has 0 amide bonds. The third-order valence-corrected chi connectivity index (χ3v) is 6.92. The molecule has 0 heterocycles. The fourth-order valence-electron chi connectivity index (χ4n) is 4.89. The van der Waals surface area contributed by atoms with Crippen molar-refractivity contribution in [2.75, 3.05) is 0 Å². The van der Waals surface area contributed by atoms with Gasteiger partial charge < -0.3 is 0 Å². The summed E-state index contributed by atoms with van der Waals surface area (Å²) in [6.45, 7) is 0. The molecule has 1 fully saturated rings. The average molecular weight is 417 g/mol. The van der Waals surface area contributed by atoms with Gasteiger partial charge in [-0.2, -0.15) is 0 Å². The maximum atomic E-state index is 6.19. The normalized spacial score (nSPS) is 22.7. The molecule has 0 nitrogen and oxygen atoms in total. The van der Waals surface area contributed by atoms with Gasteiger partial charge in [0.1, 0.15) is 0 Å². The lowest BCUT2D eigenvalue weighted by Gasteiger charge is -2.19. The number of benzene rings is 3. The lowest BCUT2D eigenvalue weighted by Crippen LogP contribution is -2.10. The van der Waals surface area contributed by atoms with Crippen molar-refractivity contribution in [2.24, 2.45) is 5.92 Å². The summed E-state index contributed by atoms with van der Waals surface area (Å²) in [4.78, 5) is 0. The van der Waals surface area contributed by atoms with E-state index in [4.69, 9.17) is 23.2 Å². The van der Waals surface area contributed by atoms with Gasteiger partial charge in [-0.05, 0) is 71.7 Å². The maximum absolute atomic E-state index is 6.19. The van der Waals surface area contributed by atoms with Gasteiger partial charge in [0.15, 0.2) is 0 Å². The van der Waals surface area contributed by atoms with Crippen molar-refractivity contribution in [3.8, 4) is 0 Å². The topological polar surface area (TPSA) is 0 Å². The third-order valence-electron chi connectivity index (χ3n) is 6.42. The molecule has 0 bridgehead atoms. The van der Waals surface area contributed by atoms with Crippen molar-refractivity contribution < 1.29 is 0 Å². The Bertz CT molecular complexity index is 1030. The van der Waals surface area contributed by atoms with Crippen molar-refractivity contribution in [1.82, 2.24) is 0 Å². The molecule has 0 saturated heterocycles. The van der Waals surface area contributed by atoms with E-state index in [0.717, 1.165) is 22.9 Å². The van der Waals surface area contributed by atoms with Gasteiger partial charge in [0.2, 0.25) is 0 Å². The van der Waals surface area contributed by atoms with Gasteiger partial charge in [-0.1, -0.05) is 95.5 Å². The highest BCUT2D eigenvalue weighted by atomic mass is 35.5. The predicted octanol–water partition coefficient (Wildman–Crippen LogP) is 8.10. The maximum Gasteiger partial charge on any atom is 0.0406 e. The number of rotatable bonds is 3. The molecule has 2 heteroatoms. The number of hydrogen-bond acceptors (Lipinski definition) is 0. The zero-order chi connectivity index (χ0) is 19.8. The van der Waals surface area contributed by atoms with Crippen LogP contribution >= 0.6 is 23.2 Å². The molecule has 5 rings (SSSR count). The summed E-state index contributed by atoms with van der Waals surface area (Å²) < 4.78 is 0. The zero-order valence-corrected chi connectivity index (χ0v) is 17.6. The van der Waals surface area contributed by atoms with Crippen LogP contribution in [0.2, 0.25) is 10.0 Å². The van der Waals surface area contributed by atoms with E-state index in [0.29, 0.717) is 5.92 Å². The molecule has 0 aliphatic heterocycles. The van der Waals surface area contributed by atoms with Gasteiger partial charge >= 0.3 is 0 Å². The minimum atomic E-state index is 0.230. The first-order chi connectivity index (χ1) is 14.2. The monoisotopic (exact) mass is 416 g/mol. The van der Waals surface area contributed by atoms with Crippen LogP contribution in [0.5, 0.6) is 0 Å². The smallest absolute Gasteiger partial charge is 0.0406 e. The first-order valence-corrected chi connectivity index (χ1v) is 10.9. The van der Waals surface area contributed by atoms with E-state index in [1.165, 1.54) is 34.3 Å². The van der Waals surface area contributed by atoms with Crippen LogP contribution in [0.1, 0.15) is 36.0 Å². The van der Waals surface area contributed by atoms with E-state index in [1.54, 1.807) is 0 Å². The molecular weight excluding hydrogens is 395 g/mol. The molecule has 0 spiro atoms. The summed E-state index contributed by atoms with van der Waals surface area (Å²) in [6.07, 6.45) is 8.03. The Balaban J connectivity index is 1.68.